The Morgan fingerprint density at radius 2 is 2.05 bits per heavy atom. The minimum atomic E-state index is -0.379. The maximum atomic E-state index is 10.3. The molecule has 0 aliphatic carbocycles. The van der Waals surface area contributed by atoms with Crippen molar-refractivity contribution >= 4 is 15.9 Å². The summed E-state index contributed by atoms with van der Waals surface area (Å²) in [6, 6.07) is 8.07. The van der Waals surface area contributed by atoms with Crippen LogP contribution in [-0.4, -0.2) is 21.0 Å². The SMILES string of the molecule is Cc1nn(C)c(C)c1CC(O)Cc1cccc(Br)c1. The Balaban J connectivity index is 2.07. The number of halogens is 1. The summed E-state index contributed by atoms with van der Waals surface area (Å²) in [5, 5.41) is 14.6. The van der Waals surface area contributed by atoms with E-state index in [2.05, 4.69) is 21.0 Å². The fourth-order valence-corrected chi connectivity index (χ4v) is 2.80. The van der Waals surface area contributed by atoms with Crippen LogP contribution >= 0.6 is 15.9 Å². The molecular weight excluding hydrogens is 304 g/mol. The molecule has 0 amide bonds. The average Bonchev–Trinajstić information content (AvgIpc) is 2.56. The molecule has 0 saturated carbocycles. The molecule has 0 aliphatic heterocycles. The monoisotopic (exact) mass is 322 g/mol. The van der Waals surface area contributed by atoms with Gasteiger partial charge in [-0.2, -0.15) is 5.10 Å². The molecule has 2 aromatic rings. The van der Waals surface area contributed by atoms with Gasteiger partial charge in [0.25, 0.3) is 0 Å². The lowest BCUT2D eigenvalue weighted by Gasteiger charge is -2.11. The predicted molar refractivity (Wildman–Crippen MR) is 80.2 cm³/mol. The summed E-state index contributed by atoms with van der Waals surface area (Å²) in [6.45, 7) is 4.04. The first-order valence-corrected chi connectivity index (χ1v) is 7.18. The molecule has 0 radical (unpaired) electrons. The first kappa shape index (κ1) is 14.3. The van der Waals surface area contributed by atoms with Gasteiger partial charge in [0.15, 0.2) is 0 Å². The number of hydrogen-bond acceptors (Lipinski definition) is 2. The molecule has 1 heterocycles. The summed E-state index contributed by atoms with van der Waals surface area (Å²) >= 11 is 3.45. The van der Waals surface area contributed by atoms with Gasteiger partial charge in [0, 0.05) is 23.6 Å². The standard InChI is InChI=1S/C15H19BrN2O/c1-10-15(11(2)18(3)17-10)9-14(19)8-12-5-4-6-13(16)7-12/h4-7,14,19H,8-9H2,1-3H3. The summed E-state index contributed by atoms with van der Waals surface area (Å²) in [4.78, 5) is 0. The Kier molecular flexibility index (Phi) is 4.42. The summed E-state index contributed by atoms with van der Waals surface area (Å²) < 4.78 is 2.92. The molecule has 1 aromatic heterocycles. The van der Waals surface area contributed by atoms with Gasteiger partial charge in [-0.15, -0.1) is 0 Å². The first-order valence-electron chi connectivity index (χ1n) is 6.39. The van der Waals surface area contributed by atoms with Crippen LogP contribution in [0.25, 0.3) is 0 Å². The Labute approximate surface area is 122 Å². The van der Waals surface area contributed by atoms with Crippen LogP contribution in [0.3, 0.4) is 0 Å². The highest BCUT2D eigenvalue weighted by Crippen LogP contribution is 2.18. The minimum Gasteiger partial charge on any atom is -0.392 e. The summed E-state index contributed by atoms with van der Waals surface area (Å²) in [6.07, 6.45) is 0.932. The Bertz CT molecular complexity index is 578. The molecule has 102 valence electrons. The van der Waals surface area contributed by atoms with E-state index in [1.165, 1.54) is 0 Å². The van der Waals surface area contributed by atoms with Crippen LogP contribution in [0, 0.1) is 13.8 Å². The smallest absolute Gasteiger partial charge is 0.0629 e. The molecule has 2 rings (SSSR count). The van der Waals surface area contributed by atoms with Crippen molar-refractivity contribution in [2.24, 2.45) is 7.05 Å². The zero-order valence-electron chi connectivity index (χ0n) is 11.5. The predicted octanol–water partition coefficient (Wildman–Crippen LogP) is 2.95. The molecule has 0 bridgehead atoms. The van der Waals surface area contributed by atoms with Gasteiger partial charge in [-0.05, 0) is 43.5 Å². The van der Waals surface area contributed by atoms with E-state index in [1.807, 2.05) is 49.8 Å². The number of aliphatic hydroxyl groups is 1. The molecule has 1 atom stereocenters. The number of aromatic nitrogens is 2. The molecule has 19 heavy (non-hydrogen) atoms. The molecule has 1 unspecified atom stereocenters. The van der Waals surface area contributed by atoms with E-state index in [0.717, 1.165) is 27.0 Å². The van der Waals surface area contributed by atoms with Crippen LogP contribution in [0.4, 0.5) is 0 Å². The summed E-state index contributed by atoms with van der Waals surface area (Å²) in [5.74, 6) is 0. The molecule has 0 aliphatic rings. The number of hydrogen-bond donors (Lipinski definition) is 1. The summed E-state index contributed by atoms with van der Waals surface area (Å²) in [7, 11) is 1.94. The second-order valence-corrected chi connectivity index (χ2v) is 5.88. The highest BCUT2D eigenvalue weighted by molar-refractivity contribution is 9.10. The molecule has 3 nitrogen and oxygen atoms in total. The van der Waals surface area contributed by atoms with E-state index < -0.39 is 0 Å². The average molecular weight is 323 g/mol. The van der Waals surface area contributed by atoms with Gasteiger partial charge in [0.2, 0.25) is 0 Å². The van der Waals surface area contributed by atoms with E-state index in [1.54, 1.807) is 0 Å². The maximum absolute atomic E-state index is 10.3. The third kappa shape index (κ3) is 3.45. The van der Waals surface area contributed by atoms with Gasteiger partial charge in [-0.3, -0.25) is 4.68 Å². The zero-order chi connectivity index (χ0) is 14.0. The molecule has 1 N–H and O–H groups in total. The van der Waals surface area contributed by atoms with Crippen LogP contribution in [0.1, 0.15) is 22.5 Å². The third-order valence-electron chi connectivity index (χ3n) is 3.46. The molecule has 0 spiro atoms. The Morgan fingerprint density at radius 3 is 2.63 bits per heavy atom. The normalized spacial score (nSPS) is 12.7. The Morgan fingerprint density at radius 1 is 1.32 bits per heavy atom. The molecular formula is C15H19BrN2O. The van der Waals surface area contributed by atoms with Crippen molar-refractivity contribution in [1.82, 2.24) is 9.78 Å². The lowest BCUT2D eigenvalue weighted by Crippen LogP contribution is -2.15. The van der Waals surface area contributed by atoms with Gasteiger partial charge >= 0.3 is 0 Å². The zero-order valence-corrected chi connectivity index (χ0v) is 13.1. The van der Waals surface area contributed by atoms with Crippen LogP contribution < -0.4 is 0 Å². The highest BCUT2D eigenvalue weighted by atomic mass is 79.9. The van der Waals surface area contributed by atoms with E-state index in [4.69, 9.17) is 0 Å². The fraction of sp³-hybridized carbons (Fsp3) is 0.400. The van der Waals surface area contributed by atoms with E-state index >= 15 is 0 Å². The van der Waals surface area contributed by atoms with Crippen molar-refractivity contribution < 1.29 is 5.11 Å². The highest BCUT2D eigenvalue weighted by Gasteiger charge is 2.14. The fourth-order valence-electron chi connectivity index (χ4n) is 2.36. The number of aliphatic hydroxyl groups excluding tert-OH is 1. The van der Waals surface area contributed by atoms with E-state index in [-0.39, 0.29) is 6.10 Å². The maximum Gasteiger partial charge on any atom is 0.0629 e. The van der Waals surface area contributed by atoms with Crippen molar-refractivity contribution in [3.05, 3.63) is 51.3 Å². The van der Waals surface area contributed by atoms with Gasteiger partial charge in [-0.1, -0.05) is 28.1 Å². The van der Waals surface area contributed by atoms with E-state index in [9.17, 15) is 5.11 Å². The Hall–Kier alpha value is -1.13. The van der Waals surface area contributed by atoms with Crippen LogP contribution in [0.2, 0.25) is 0 Å². The number of nitrogens with zero attached hydrogens (tertiary/aromatic N) is 2. The van der Waals surface area contributed by atoms with Gasteiger partial charge in [-0.25, -0.2) is 0 Å². The van der Waals surface area contributed by atoms with Crippen molar-refractivity contribution in [2.75, 3.05) is 0 Å². The molecule has 4 heteroatoms. The van der Waals surface area contributed by atoms with Crippen molar-refractivity contribution in [1.29, 1.82) is 0 Å². The minimum absolute atomic E-state index is 0.379. The van der Waals surface area contributed by atoms with Gasteiger partial charge in [0.1, 0.15) is 0 Å². The van der Waals surface area contributed by atoms with Gasteiger partial charge < -0.3 is 5.11 Å². The molecule has 1 aromatic carbocycles. The van der Waals surface area contributed by atoms with Gasteiger partial charge in [0.05, 0.1) is 11.8 Å². The molecule has 0 fully saturated rings. The quantitative estimate of drug-likeness (QED) is 0.939. The second-order valence-electron chi connectivity index (χ2n) is 4.96. The molecule has 0 saturated heterocycles. The summed E-state index contributed by atoms with van der Waals surface area (Å²) in [5.41, 5.74) is 4.44. The lowest BCUT2D eigenvalue weighted by atomic mass is 10.0. The van der Waals surface area contributed by atoms with E-state index in [0.29, 0.717) is 12.8 Å². The largest absolute Gasteiger partial charge is 0.392 e. The number of benzene rings is 1. The van der Waals surface area contributed by atoms with Crippen molar-refractivity contribution in [3.8, 4) is 0 Å². The van der Waals surface area contributed by atoms with Crippen LogP contribution in [-0.2, 0) is 19.9 Å². The second kappa shape index (κ2) is 5.88. The van der Waals surface area contributed by atoms with Crippen LogP contribution in [0.5, 0.6) is 0 Å². The number of rotatable bonds is 4. The van der Waals surface area contributed by atoms with Crippen molar-refractivity contribution in [3.63, 3.8) is 0 Å². The lowest BCUT2D eigenvalue weighted by molar-refractivity contribution is 0.175. The van der Waals surface area contributed by atoms with Crippen LogP contribution in [0.15, 0.2) is 28.7 Å². The first-order chi connectivity index (χ1) is 8.97. The topological polar surface area (TPSA) is 38.0 Å². The number of aryl methyl sites for hydroxylation is 2. The third-order valence-corrected chi connectivity index (χ3v) is 3.95. The van der Waals surface area contributed by atoms with Crippen molar-refractivity contribution in [2.45, 2.75) is 32.8 Å².